The van der Waals surface area contributed by atoms with Crippen molar-refractivity contribution in [1.82, 2.24) is 4.90 Å². The van der Waals surface area contributed by atoms with E-state index in [-0.39, 0.29) is 31.0 Å². The number of amides is 2. The van der Waals surface area contributed by atoms with Gasteiger partial charge < -0.3 is 20.0 Å². The Hall–Kier alpha value is -2.18. The molecule has 0 unspecified atom stereocenters. The smallest absolute Gasteiger partial charge is 0.246 e. The second kappa shape index (κ2) is 7.15. The van der Waals surface area contributed by atoms with Crippen molar-refractivity contribution in [3.8, 4) is 0 Å². The summed E-state index contributed by atoms with van der Waals surface area (Å²) in [6, 6.07) is 7.17. The van der Waals surface area contributed by atoms with Crippen molar-refractivity contribution >= 4 is 23.6 Å². The van der Waals surface area contributed by atoms with Gasteiger partial charge >= 0.3 is 0 Å². The molecule has 0 saturated carbocycles. The van der Waals surface area contributed by atoms with E-state index in [1.807, 2.05) is 24.3 Å². The van der Waals surface area contributed by atoms with Crippen LogP contribution in [0.2, 0.25) is 0 Å². The predicted octanol–water partition coefficient (Wildman–Crippen LogP) is 0.781. The molecule has 0 radical (unpaired) electrons. The van der Waals surface area contributed by atoms with Crippen LogP contribution >= 0.6 is 0 Å². The molecule has 0 spiro atoms. The second-order valence-electron chi connectivity index (χ2n) is 6.29. The predicted molar refractivity (Wildman–Crippen MR) is 90.3 cm³/mol. The molecule has 1 aromatic rings. The monoisotopic (exact) mass is 330 g/mol. The van der Waals surface area contributed by atoms with Crippen molar-refractivity contribution in [2.24, 2.45) is 0 Å². The van der Waals surface area contributed by atoms with Crippen molar-refractivity contribution in [3.63, 3.8) is 0 Å². The molecule has 2 atom stereocenters. The third-order valence-corrected chi connectivity index (χ3v) is 4.58. The number of benzene rings is 1. The lowest BCUT2D eigenvalue weighted by atomic mass is 10.1. The molecule has 0 bridgehead atoms. The molecule has 1 aromatic carbocycles. The second-order valence-corrected chi connectivity index (χ2v) is 6.29. The summed E-state index contributed by atoms with van der Waals surface area (Å²) in [6.45, 7) is 0.867. The van der Waals surface area contributed by atoms with E-state index in [1.165, 1.54) is 11.0 Å². The normalized spacial score (nSPS) is 24.3. The fraction of sp³-hybridized carbons (Fsp3) is 0.444. The zero-order valence-electron chi connectivity index (χ0n) is 13.5. The third kappa shape index (κ3) is 3.49. The van der Waals surface area contributed by atoms with E-state index in [0.29, 0.717) is 12.8 Å². The van der Waals surface area contributed by atoms with Gasteiger partial charge in [-0.05, 0) is 36.6 Å². The highest BCUT2D eigenvalue weighted by molar-refractivity contribution is 5.95. The number of hydrogen-bond donors (Lipinski definition) is 2. The van der Waals surface area contributed by atoms with Crippen molar-refractivity contribution in [2.45, 2.75) is 31.4 Å². The van der Waals surface area contributed by atoms with Gasteiger partial charge in [0.25, 0.3) is 0 Å². The van der Waals surface area contributed by atoms with E-state index < -0.39 is 6.10 Å². The van der Waals surface area contributed by atoms with Gasteiger partial charge in [0.1, 0.15) is 0 Å². The first-order valence-electron chi connectivity index (χ1n) is 8.26. The van der Waals surface area contributed by atoms with Crippen LogP contribution < -0.4 is 4.90 Å². The molecule has 2 heterocycles. The molecular formula is C18H22N2O4. The Bertz CT molecular complexity index is 641. The first-order chi connectivity index (χ1) is 11.6. The quantitative estimate of drug-likeness (QED) is 0.800. The molecule has 2 saturated heterocycles. The Morgan fingerprint density at radius 3 is 2.67 bits per heavy atom. The lowest BCUT2D eigenvalue weighted by Gasteiger charge is -2.20. The summed E-state index contributed by atoms with van der Waals surface area (Å²) >= 11 is 0. The highest BCUT2D eigenvalue weighted by Crippen LogP contribution is 2.22. The van der Waals surface area contributed by atoms with Gasteiger partial charge in [-0.2, -0.15) is 0 Å². The molecule has 2 aliphatic heterocycles. The lowest BCUT2D eigenvalue weighted by Crippen LogP contribution is -2.36. The summed E-state index contributed by atoms with van der Waals surface area (Å²) in [5, 5.41) is 18.9. The van der Waals surface area contributed by atoms with Gasteiger partial charge in [-0.1, -0.05) is 12.1 Å². The molecule has 6 heteroatoms. The summed E-state index contributed by atoms with van der Waals surface area (Å²) in [6.07, 6.45) is 4.49. The van der Waals surface area contributed by atoms with E-state index in [0.717, 1.165) is 24.2 Å². The number of aliphatic hydroxyl groups excluding tert-OH is 2. The number of carbonyl (C=O) groups excluding carboxylic acids is 2. The van der Waals surface area contributed by atoms with Crippen molar-refractivity contribution in [2.75, 3.05) is 24.6 Å². The van der Waals surface area contributed by atoms with Crippen molar-refractivity contribution in [1.29, 1.82) is 0 Å². The zero-order valence-corrected chi connectivity index (χ0v) is 13.5. The topological polar surface area (TPSA) is 81.1 Å². The maximum atomic E-state index is 12.2. The Morgan fingerprint density at radius 1 is 1.29 bits per heavy atom. The standard InChI is InChI=1S/C18H22N2O4/c21-12-15-10-16(22)11-20(15)18(24)8-5-13-3-6-14(7-4-13)19-9-1-2-17(19)23/h3-8,15-16,21-22H,1-2,9-12H2/b8-5+/t15-,16+/m0/s1. The minimum Gasteiger partial charge on any atom is -0.394 e. The summed E-state index contributed by atoms with van der Waals surface area (Å²) in [5.41, 5.74) is 1.74. The number of carbonyl (C=O) groups is 2. The van der Waals surface area contributed by atoms with Gasteiger partial charge in [-0.3, -0.25) is 9.59 Å². The summed E-state index contributed by atoms with van der Waals surface area (Å²) < 4.78 is 0. The Kier molecular flexibility index (Phi) is 4.97. The van der Waals surface area contributed by atoms with Crippen LogP contribution in [-0.2, 0) is 9.59 Å². The number of β-amino-alcohol motifs (C(OH)–C–C–N with tert-alkyl or cyclic N) is 1. The maximum Gasteiger partial charge on any atom is 0.246 e. The molecule has 2 aliphatic rings. The summed E-state index contributed by atoms with van der Waals surface area (Å²) in [7, 11) is 0. The van der Waals surface area contributed by atoms with E-state index in [9.17, 15) is 19.8 Å². The fourth-order valence-corrected chi connectivity index (χ4v) is 3.28. The number of anilines is 1. The summed E-state index contributed by atoms with van der Waals surface area (Å²) in [5.74, 6) is -0.0690. The van der Waals surface area contributed by atoms with Crippen LogP contribution in [0.5, 0.6) is 0 Å². The van der Waals surface area contributed by atoms with E-state index >= 15 is 0 Å². The van der Waals surface area contributed by atoms with Crippen LogP contribution in [0, 0.1) is 0 Å². The van der Waals surface area contributed by atoms with Crippen LogP contribution in [0.15, 0.2) is 30.3 Å². The van der Waals surface area contributed by atoms with E-state index in [2.05, 4.69) is 0 Å². The Balaban J connectivity index is 1.64. The van der Waals surface area contributed by atoms with Crippen LogP contribution in [0.3, 0.4) is 0 Å². The molecular weight excluding hydrogens is 308 g/mol. The first kappa shape index (κ1) is 16.7. The Labute approximate surface area is 141 Å². The SMILES string of the molecule is O=C1CCCN1c1ccc(/C=C/C(=O)N2C[C@H](O)C[C@H]2CO)cc1. The molecule has 0 aliphatic carbocycles. The molecule has 2 N–H and O–H groups in total. The molecule has 2 amide bonds. The third-order valence-electron chi connectivity index (χ3n) is 4.58. The Morgan fingerprint density at radius 2 is 2.04 bits per heavy atom. The van der Waals surface area contributed by atoms with Gasteiger partial charge in [0, 0.05) is 31.3 Å². The van der Waals surface area contributed by atoms with Gasteiger partial charge in [-0.15, -0.1) is 0 Å². The molecule has 6 nitrogen and oxygen atoms in total. The summed E-state index contributed by atoms with van der Waals surface area (Å²) in [4.78, 5) is 27.2. The van der Waals surface area contributed by atoms with Crippen LogP contribution in [0.25, 0.3) is 6.08 Å². The van der Waals surface area contributed by atoms with Gasteiger partial charge in [-0.25, -0.2) is 0 Å². The molecule has 0 aromatic heterocycles. The average molecular weight is 330 g/mol. The van der Waals surface area contributed by atoms with Crippen LogP contribution in [0.1, 0.15) is 24.8 Å². The highest BCUT2D eigenvalue weighted by Gasteiger charge is 2.32. The minimum atomic E-state index is -0.572. The first-order valence-corrected chi connectivity index (χ1v) is 8.26. The van der Waals surface area contributed by atoms with E-state index in [1.54, 1.807) is 11.0 Å². The highest BCUT2D eigenvalue weighted by atomic mass is 16.3. The van der Waals surface area contributed by atoms with Gasteiger partial charge in [0.05, 0.1) is 18.8 Å². The van der Waals surface area contributed by atoms with Crippen molar-refractivity contribution in [3.05, 3.63) is 35.9 Å². The number of rotatable bonds is 4. The number of hydrogen-bond acceptors (Lipinski definition) is 4. The average Bonchev–Trinajstić information content (AvgIpc) is 3.18. The van der Waals surface area contributed by atoms with E-state index in [4.69, 9.17) is 0 Å². The zero-order chi connectivity index (χ0) is 17.1. The van der Waals surface area contributed by atoms with Gasteiger partial charge in [0.2, 0.25) is 11.8 Å². The number of likely N-dealkylation sites (tertiary alicyclic amines) is 1. The van der Waals surface area contributed by atoms with Crippen molar-refractivity contribution < 1.29 is 19.8 Å². The molecule has 128 valence electrons. The largest absolute Gasteiger partial charge is 0.394 e. The maximum absolute atomic E-state index is 12.2. The van der Waals surface area contributed by atoms with Crippen LogP contribution in [0.4, 0.5) is 5.69 Å². The lowest BCUT2D eigenvalue weighted by molar-refractivity contribution is -0.127. The minimum absolute atomic E-state index is 0.144. The number of aliphatic hydroxyl groups is 2. The number of nitrogens with zero attached hydrogens (tertiary/aromatic N) is 2. The fourth-order valence-electron chi connectivity index (χ4n) is 3.28. The molecule has 2 fully saturated rings. The molecule has 24 heavy (non-hydrogen) atoms. The van der Waals surface area contributed by atoms with Crippen LogP contribution in [-0.4, -0.2) is 58.8 Å². The molecule has 3 rings (SSSR count). The van der Waals surface area contributed by atoms with Gasteiger partial charge in [0.15, 0.2) is 0 Å².